The molecule has 0 saturated carbocycles. The fourth-order valence-corrected chi connectivity index (χ4v) is 3.90. The molecule has 4 rings (SSSR count). The minimum Gasteiger partial charge on any atom is -0.485 e. The molecule has 0 spiro atoms. The third-order valence-corrected chi connectivity index (χ3v) is 5.87. The molecule has 1 fully saturated rings. The lowest BCUT2D eigenvalue weighted by atomic mass is 10.0. The Morgan fingerprint density at radius 1 is 1.10 bits per heavy atom. The number of piperazine rings is 1. The number of ether oxygens (including phenoxy) is 2. The van der Waals surface area contributed by atoms with Crippen molar-refractivity contribution in [3.8, 4) is 11.5 Å². The van der Waals surface area contributed by atoms with E-state index >= 15 is 0 Å². The Morgan fingerprint density at radius 2 is 1.97 bits per heavy atom. The van der Waals surface area contributed by atoms with Crippen molar-refractivity contribution in [1.82, 2.24) is 9.88 Å². The van der Waals surface area contributed by atoms with Crippen molar-refractivity contribution >= 4 is 5.82 Å². The van der Waals surface area contributed by atoms with Crippen molar-refractivity contribution in [3.63, 3.8) is 0 Å². The smallest absolute Gasteiger partial charge is 0.168 e. The fourth-order valence-electron chi connectivity index (χ4n) is 3.90. The van der Waals surface area contributed by atoms with Gasteiger partial charge < -0.3 is 19.5 Å². The summed E-state index contributed by atoms with van der Waals surface area (Å²) in [5, 5.41) is 10.7. The van der Waals surface area contributed by atoms with E-state index in [0.29, 0.717) is 18.1 Å². The number of nitrogens with zero attached hydrogens (tertiary/aromatic N) is 3. The minimum absolute atomic E-state index is 0.490. The Labute approximate surface area is 178 Å². The van der Waals surface area contributed by atoms with Crippen LogP contribution in [0.5, 0.6) is 11.5 Å². The molecule has 2 aromatic rings. The highest BCUT2D eigenvalue weighted by Gasteiger charge is 2.19. The number of anilines is 1. The molecule has 0 radical (unpaired) electrons. The van der Waals surface area contributed by atoms with Crippen molar-refractivity contribution in [1.29, 1.82) is 0 Å². The van der Waals surface area contributed by atoms with Gasteiger partial charge in [-0.05, 0) is 55.6 Å². The molecule has 1 aromatic heterocycles. The normalized spacial score (nSPS) is 17.9. The van der Waals surface area contributed by atoms with E-state index in [1.165, 1.54) is 0 Å². The predicted octanol–water partition coefficient (Wildman–Crippen LogP) is 3.78. The molecular formula is C24H31N3O3. The first kappa shape index (κ1) is 20.7. The van der Waals surface area contributed by atoms with Gasteiger partial charge >= 0.3 is 0 Å². The summed E-state index contributed by atoms with van der Waals surface area (Å²) < 4.78 is 11.6. The van der Waals surface area contributed by atoms with E-state index in [-0.39, 0.29) is 0 Å². The van der Waals surface area contributed by atoms with Crippen LogP contribution < -0.4 is 14.4 Å². The van der Waals surface area contributed by atoms with E-state index in [4.69, 9.17) is 9.47 Å². The Bertz CT molecular complexity index is 848. The highest BCUT2D eigenvalue weighted by atomic mass is 16.5. The van der Waals surface area contributed by atoms with Crippen molar-refractivity contribution in [2.24, 2.45) is 0 Å². The number of aromatic nitrogens is 1. The average Bonchev–Trinajstić information content (AvgIpc) is 3.02. The first-order chi connectivity index (χ1) is 14.7. The summed E-state index contributed by atoms with van der Waals surface area (Å²) in [6.45, 7) is 7.68. The molecule has 0 aliphatic carbocycles. The van der Waals surface area contributed by atoms with Gasteiger partial charge in [0.1, 0.15) is 12.4 Å². The molecule has 2 aliphatic heterocycles. The monoisotopic (exact) mass is 409 g/mol. The fraction of sp³-hybridized carbons (Fsp3) is 0.458. The third kappa shape index (κ3) is 5.12. The zero-order chi connectivity index (χ0) is 20.8. The highest BCUT2D eigenvalue weighted by molar-refractivity contribution is 5.45. The molecule has 30 heavy (non-hydrogen) atoms. The number of hydrogen-bond donors (Lipinski definition) is 1. The van der Waals surface area contributed by atoms with Crippen LogP contribution in [-0.4, -0.2) is 54.3 Å². The van der Waals surface area contributed by atoms with Crippen LogP contribution in [-0.2, 0) is 0 Å². The molecule has 1 unspecified atom stereocenters. The molecule has 1 saturated heterocycles. The van der Waals surface area contributed by atoms with Crippen LogP contribution >= 0.6 is 0 Å². The maximum Gasteiger partial charge on any atom is 0.168 e. The average molecular weight is 410 g/mol. The second-order valence-electron chi connectivity index (χ2n) is 7.92. The first-order valence-corrected chi connectivity index (χ1v) is 10.9. The van der Waals surface area contributed by atoms with Gasteiger partial charge in [0, 0.05) is 37.9 Å². The topological polar surface area (TPSA) is 58.1 Å². The summed E-state index contributed by atoms with van der Waals surface area (Å²) in [4.78, 5) is 9.25. The van der Waals surface area contributed by atoms with Gasteiger partial charge in [-0.1, -0.05) is 19.1 Å². The summed E-state index contributed by atoms with van der Waals surface area (Å²) in [5.41, 5.74) is 2.01. The summed E-state index contributed by atoms with van der Waals surface area (Å²) >= 11 is 0. The van der Waals surface area contributed by atoms with E-state index in [9.17, 15) is 5.11 Å². The molecule has 1 N–H and O–H groups in total. The molecule has 6 nitrogen and oxygen atoms in total. The van der Waals surface area contributed by atoms with E-state index in [1.54, 1.807) is 6.26 Å². The van der Waals surface area contributed by atoms with E-state index in [1.807, 2.05) is 36.5 Å². The second kappa shape index (κ2) is 9.96. The molecular weight excluding hydrogens is 378 g/mol. The molecule has 1 atom stereocenters. The van der Waals surface area contributed by atoms with Gasteiger partial charge in [0.05, 0.1) is 12.4 Å². The zero-order valence-electron chi connectivity index (χ0n) is 17.7. The van der Waals surface area contributed by atoms with Crippen LogP contribution in [0, 0.1) is 0 Å². The van der Waals surface area contributed by atoms with Gasteiger partial charge in [-0.2, -0.15) is 0 Å². The molecule has 2 aliphatic rings. The minimum atomic E-state index is -0.490. The lowest BCUT2D eigenvalue weighted by Gasteiger charge is -2.35. The maximum atomic E-state index is 10.7. The van der Waals surface area contributed by atoms with Crippen molar-refractivity contribution in [3.05, 3.63) is 60.0 Å². The number of hydrogen-bond acceptors (Lipinski definition) is 6. The van der Waals surface area contributed by atoms with Gasteiger partial charge in [-0.15, -0.1) is 0 Å². The maximum absolute atomic E-state index is 10.7. The van der Waals surface area contributed by atoms with E-state index < -0.39 is 6.10 Å². The Balaban J connectivity index is 1.22. The molecule has 0 bridgehead atoms. The van der Waals surface area contributed by atoms with Crippen LogP contribution in [0.3, 0.4) is 0 Å². The SMILES string of the molecule is CCC1=COc2ccc(C(O)CCCN3CCN(c4ccccn4)CC3)cc2OC1. The number of fused-ring (bicyclic) bond motifs is 1. The third-order valence-electron chi connectivity index (χ3n) is 5.87. The standard InChI is InChI=1S/C24H31N3O3/c1-2-19-17-29-22-9-8-20(16-23(22)30-18-19)21(28)6-5-11-26-12-14-27(15-13-26)24-7-3-4-10-25-24/h3-4,7-10,16-17,21,28H,2,5-6,11-15,18H2,1H3. The van der Waals surface area contributed by atoms with Crippen molar-refractivity contribution in [2.75, 3.05) is 44.2 Å². The van der Waals surface area contributed by atoms with Gasteiger partial charge in [-0.3, -0.25) is 4.90 Å². The Kier molecular flexibility index (Phi) is 6.87. The summed E-state index contributed by atoms with van der Waals surface area (Å²) in [7, 11) is 0. The van der Waals surface area contributed by atoms with Crippen LogP contribution in [0.15, 0.2) is 54.4 Å². The lowest BCUT2D eigenvalue weighted by Crippen LogP contribution is -2.46. The van der Waals surface area contributed by atoms with Crippen LogP contribution in [0.2, 0.25) is 0 Å². The van der Waals surface area contributed by atoms with Gasteiger partial charge in [0.2, 0.25) is 0 Å². The van der Waals surface area contributed by atoms with Crippen LogP contribution in [0.25, 0.3) is 0 Å². The van der Waals surface area contributed by atoms with E-state index in [2.05, 4.69) is 27.8 Å². The number of pyridine rings is 1. The largest absolute Gasteiger partial charge is 0.485 e. The van der Waals surface area contributed by atoms with Crippen LogP contribution in [0.1, 0.15) is 37.9 Å². The number of aliphatic hydroxyl groups excluding tert-OH is 1. The molecule has 160 valence electrons. The summed E-state index contributed by atoms with van der Waals surface area (Å²) in [6, 6.07) is 11.8. The molecule has 6 heteroatoms. The predicted molar refractivity (Wildman–Crippen MR) is 118 cm³/mol. The molecule has 0 amide bonds. The van der Waals surface area contributed by atoms with Gasteiger partial charge in [0.25, 0.3) is 0 Å². The van der Waals surface area contributed by atoms with Crippen molar-refractivity contribution < 1.29 is 14.6 Å². The van der Waals surface area contributed by atoms with E-state index in [0.717, 1.165) is 68.9 Å². The Hall–Kier alpha value is -2.57. The van der Waals surface area contributed by atoms with Crippen molar-refractivity contribution in [2.45, 2.75) is 32.3 Å². The lowest BCUT2D eigenvalue weighted by molar-refractivity contribution is 0.153. The number of aliphatic hydroxyl groups is 1. The van der Waals surface area contributed by atoms with Crippen LogP contribution in [0.4, 0.5) is 5.82 Å². The number of benzene rings is 1. The number of rotatable bonds is 7. The second-order valence-corrected chi connectivity index (χ2v) is 7.92. The molecule has 1 aromatic carbocycles. The first-order valence-electron chi connectivity index (χ1n) is 10.9. The summed E-state index contributed by atoms with van der Waals surface area (Å²) in [5.74, 6) is 2.47. The summed E-state index contributed by atoms with van der Waals surface area (Å²) in [6.07, 6.45) is 5.73. The quantitative estimate of drug-likeness (QED) is 0.751. The zero-order valence-corrected chi connectivity index (χ0v) is 17.7. The molecule has 3 heterocycles. The highest BCUT2D eigenvalue weighted by Crippen LogP contribution is 2.34. The Morgan fingerprint density at radius 3 is 2.73 bits per heavy atom. The van der Waals surface area contributed by atoms with Gasteiger partial charge in [0.15, 0.2) is 11.5 Å². The van der Waals surface area contributed by atoms with Gasteiger partial charge in [-0.25, -0.2) is 4.98 Å².